The summed E-state index contributed by atoms with van der Waals surface area (Å²) in [5.74, 6) is 1.03. The molecule has 17 heavy (non-hydrogen) atoms. The quantitative estimate of drug-likeness (QED) is 0.651. The molecule has 0 saturated heterocycles. The summed E-state index contributed by atoms with van der Waals surface area (Å²) < 4.78 is 11.3. The first kappa shape index (κ1) is 9.28. The minimum Gasteiger partial charge on any atom is -0.488 e. The second kappa shape index (κ2) is 3.13. The van der Waals surface area contributed by atoms with Crippen LogP contribution in [0, 0.1) is 0 Å². The molecule has 86 valence electrons. The number of hydrogen-bond acceptors (Lipinski definition) is 3. The summed E-state index contributed by atoms with van der Waals surface area (Å²) in [7, 11) is 0. The lowest BCUT2D eigenvalue weighted by molar-refractivity contribution is 0.227. The molecule has 2 aliphatic rings. The first-order valence-electron chi connectivity index (χ1n) is 6.07. The van der Waals surface area contributed by atoms with Crippen LogP contribution in [0.25, 0.3) is 11.0 Å². The zero-order valence-electron chi connectivity index (χ0n) is 9.31. The molecule has 2 heterocycles. The Balaban J connectivity index is 2.08. The molecule has 0 spiro atoms. The standard InChI is InChI=1S/C14H12O3/c15-14-12-8-5-3-7-10(8)16-13(12)9-4-1-2-6-11(9)17-14/h1-2,4,6,8,10H,3,5,7H2/t8-,10+/m0/s1. The van der Waals surface area contributed by atoms with Gasteiger partial charge in [0.2, 0.25) is 0 Å². The van der Waals surface area contributed by atoms with E-state index in [9.17, 15) is 4.79 Å². The van der Waals surface area contributed by atoms with Crippen LogP contribution in [-0.4, -0.2) is 6.10 Å². The molecule has 1 aliphatic carbocycles. The minimum absolute atomic E-state index is 0.193. The highest BCUT2D eigenvalue weighted by molar-refractivity contribution is 5.85. The Morgan fingerprint density at radius 3 is 3.00 bits per heavy atom. The van der Waals surface area contributed by atoms with Crippen molar-refractivity contribution in [2.45, 2.75) is 31.3 Å². The summed E-state index contributed by atoms with van der Waals surface area (Å²) in [6, 6.07) is 7.58. The van der Waals surface area contributed by atoms with Crippen molar-refractivity contribution in [2.75, 3.05) is 0 Å². The molecular formula is C14H12O3. The van der Waals surface area contributed by atoms with Gasteiger partial charge in [-0.2, -0.15) is 0 Å². The van der Waals surface area contributed by atoms with Crippen LogP contribution in [0.15, 0.2) is 33.5 Å². The van der Waals surface area contributed by atoms with Gasteiger partial charge in [0.15, 0.2) is 0 Å². The van der Waals surface area contributed by atoms with Gasteiger partial charge in [-0.05, 0) is 31.4 Å². The van der Waals surface area contributed by atoms with Gasteiger partial charge in [-0.1, -0.05) is 12.1 Å². The second-order valence-corrected chi connectivity index (χ2v) is 4.82. The van der Waals surface area contributed by atoms with Crippen LogP contribution in [0.1, 0.15) is 30.7 Å². The SMILES string of the molecule is O=c1oc2ccccc2c2c1[C@H]1CCC[C@H]1O2. The van der Waals surface area contributed by atoms with Gasteiger partial charge in [0.05, 0.1) is 10.9 Å². The summed E-state index contributed by atoms with van der Waals surface area (Å²) in [6.07, 6.45) is 3.42. The molecule has 0 N–H and O–H groups in total. The van der Waals surface area contributed by atoms with Crippen LogP contribution in [0.4, 0.5) is 0 Å². The molecule has 0 bridgehead atoms. The van der Waals surface area contributed by atoms with Crippen molar-refractivity contribution in [3.05, 3.63) is 40.2 Å². The van der Waals surface area contributed by atoms with Crippen molar-refractivity contribution in [1.82, 2.24) is 0 Å². The number of rotatable bonds is 0. The van der Waals surface area contributed by atoms with E-state index in [-0.39, 0.29) is 17.6 Å². The largest absolute Gasteiger partial charge is 0.488 e. The zero-order chi connectivity index (χ0) is 11.4. The maximum Gasteiger partial charge on any atom is 0.343 e. The van der Waals surface area contributed by atoms with Crippen molar-refractivity contribution in [3.8, 4) is 5.75 Å². The fourth-order valence-electron chi connectivity index (χ4n) is 3.13. The fourth-order valence-corrected chi connectivity index (χ4v) is 3.13. The molecule has 3 heteroatoms. The fraction of sp³-hybridized carbons (Fsp3) is 0.357. The lowest BCUT2D eigenvalue weighted by atomic mass is 9.98. The van der Waals surface area contributed by atoms with E-state index in [1.807, 2.05) is 24.3 Å². The van der Waals surface area contributed by atoms with Crippen LogP contribution in [0.2, 0.25) is 0 Å². The molecule has 1 aromatic carbocycles. The predicted octanol–water partition coefficient (Wildman–Crippen LogP) is 2.82. The third kappa shape index (κ3) is 1.14. The predicted molar refractivity (Wildman–Crippen MR) is 63.5 cm³/mol. The highest BCUT2D eigenvalue weighted by Crippen LogP contribution is 2.47. The van der Waals surface area contributed by atoms with Gasteiger partial charge >= 0.3 is 5.63 Å². The third-order valence-electron chi connectivity index (χ3n) is 3.89. The van der Waals surface area contributed by atoms with Crippen molar-refractivity contribution >= 4 is 11.0 Å². The molecule has 4 rings (SSSR count). The molecule has 0 unspecified atom stereocenters. The Morgan fingerprint density at radius 2 is 2.06 bits per heavy atom. The van der Waals surface area contributed by atoms with E-state index in [4.69, 9.17) is 9.15 Å². The second-order valence-electron chi connectivity index (χ2n) is 4.82. The zero-order valence-corrected chi connectivity index (χ0v) is 9.31. The van der Waals surface area contributed by atoms with E-state index < -0.39 is 0 Å². The molecule has 1 aromatic heterocycles. The smallest absolute Gasteiger partial charge is 0.343 e. The van der Waals surface area contributed by atoms with Crippen LogP contribution in [-0.2, 0) is 0 Å². The minimum atomic E-state index is -0.215. The highest BCUT2D eigenvalue weighted by atomic mass is 16.5. The van der Waals surface area contributed by atoms with E-state index in [2.05, 4.69) is 0 Å². The third-order valence-corrected chi connectivity index (χ3v) is 3.89. The van der Waals surface area contributed by atoms with Gasteiger partial charge in [-0.3, -0.25) is 0 Å². The maximum atomic E-state index is 12.0. The number of para-hydroxylation sites is 1. The van der Waals surface area contributed by atoms with Crippen LogP contribution >= 0.6 is 0 Å². The average Bonchev–Trinajstić information content (AvgIpc) is 2.88. The Morgan fingerprint density at radius 1 is 1.18 bits per heavy atom. The summed E-state index contributed by atoms with van der Waals surface area (Å²) >= 11 is 0. The van der Waals surface area contributed by atoms with Crippen LogP contribution in [0.3, 0.4) is 0 Å². The van der Waals surface area contributed by atoms with Crippen LogP contribution in [0.5, 0.6) is 5.75 Å². The van der Waals surface area contributed by atoms with E-state index in [1.165, 1.54) is 0 Å². The Bertz CT molecular complexity index is 656. The molecular weight excluding hydrogens is 216 g/mol. The van der Waals surface area contributed by atoms with Crippen molar-refractivity contribution in [1.29, 1.82) is 0 Å². The maximum absolute atomic E-state index is 12.0. The Kier molecular flexibility index (Phi) is 1.71. The van der Waals surface area contributed by atoms with E-state index in [0.717, 1.165) is 36.0 Å². The Labute approximate surface area is 98.0 Å². The van der Waals surface area contributed by atoms with Gasteiger partial charge < -0.3 is 9.15 Å². The lowest BCUT2D eigenvalue weighted by Gasteiger charge is -2.07. The summed E-state index contributed by atoms with van der Waals surface area (Å²) in [5.41, 5.74) is 1.18. The Hall–Kier alpha value is -1.77. The number of hydrogen-bond donors (Lipinski definition) is 0. The first-order chi connectivity index (χ1) is 8.34. The summed E-state index contributed by atoms with van der Waals surface area (Å²) in [6.45, 7) is 0. The van der Waals surface area contributed by atoms with E-state index >= 15 is 0 Å². The molecule has 0 amide bonds. The average molecular weight is 228 g/mol. The molecule has 0 radical (unpaired) electrons. The summed E-state index contributed by atoms with van der Waals surface area (Å²) in [4.78, 5) is 12.0. The molecule has 1 fully saturated rings. The van der Waals surface area contributed by atoms with Crippen molar-refractivity contribution in [3.63, 3.8) is 0 Å². The van der Waals surface area contributed by atoms with Crippen LogP contribution < -0.4 is 10.4 Å². The highest BCUT2D eigenvalue weighted by Gasteiger charge is 2.41. The van der Waals surface area contributed by atoms with E-state index in [0.29, 0.717) is 5.58 Å². The van der Waals surface area contributed by atoms with Gasteiger partial charge in [0.25, 0.3) is 0 Å². The number of ether oxygens (including phenoxy) is 1. The van der Waals surface area contributed by atoms with Crippen molar-refractivity contribution in [2.24, 2.45) is 0 Å². The van der Waals surface area contributed by atoms with Crippen molar-refractivity contribution < 1.29 is 9.15 Å². The van der Waals surface area contributed by atoms with E-state index in [1.54, 1.807) is 0 Å². The molecule has 1 aliphatic heterocycles. The number of benzene rings is 1. The molecule has 2 aromatic rings. The molecule has 1 saturated carbocycles. The van der Waals surface area contributed by atoms with Gasteiger partial charge in [-0.25, -0.2) is 4.79 Å². The monoisotopic (exact) mass is 228 g/mol. The number of fused-ring (bicyclic) bond motifs is 5. The molecule has 3 nitrogen and oxygen atoms in total. The molecule has 2 atom stereocenters. The first-order valence-corrected chi connectivity index (χ1v) is 6.07. The van der Waals surface area contributed by atoms with Gasteiger partial charge in [0, 0.05) is 5.92 Å². The topological polar surface area (TPSA) is 39.4 Å². The normalized spacial score (nSPS) is 25.6. The van der Waals surface area contributed by atoms with Gasteiger partial charge in [0.1, 0.15) is 17.4 Å². The van der Waals surface area contributed by atoms with Gasteiger partial charge in [-0.15, -0.1) is 0 Å². The lowest BCUT2D eigenvalue weighted by Crippen LogP contribution is -2.14. The summed E-state index contributed by atoms with van der Waals surface area (Å²) in [5, 5.41) is 0.927.